The maximum absolute atomic E-state index is 12.2. The van der Waals surface area contributed by atoms with Crippen LogP contribution in [0, 0.1) is 5.41 Å². The average molecular weight is 300 g/mol. The molecule has 0 spiro atoms. The van der Waals surface area contributed by atoms with Crippen LogP contribution in [0.25, 0.3) is 0 Å². The van der Waals surface area contributed by atoms with Gasteiger partial charge in [0, 0.05) is 19.1 Å². The Hall–Kier alpha value is -1.30. The molecule has 6 heteroatoms. The number of amides is 2. The van der Waals surface area contributed by atoms with Gasteiger partial charge in [-0.25, -0.2) is 4.79 Å². The summed E-state index contributed by atoms with van der Waals surface area (Å²) in [6.45, 7) is 9.86. The summed E-state index contributed by atoms with van der Waals surface area (Å²) < 4.78 is 5.52. The monoisotopic (exact) mass is 300 g/mol. The predicted octanol–water partition coefficient (Wildman–Crippen LogP) is 2.09. The Morgan fingerprint density at radius 2 is 1.90 bits per heavy atom. The van der Waals surface area contributed by atoms with Crippen molar-refractivity contribution in [2.75, 3.05) is 19.7 Å². The molecule has 0 radical (unpaired) electrons. The van der Waals surface area contributed by atoms with E-state index in [0.29, 0.717) is 13.1 Å². The molecular weight excluding hydrogens is 272 g/mol. The molecule has 1 aliphatic heterocycles. The summed E-state index contributed by atoms with van der Waals surface area (Å²) in [5, 5.41) is 11.6. The number of rotatable bonds is 5. The van der Waals surface area contributed by atoms with Gasteiger partial charge in [-0.05, 0) is 25.2 Å². The SMILES string of the molecule is CC(NC(=O)N1CCC(OCCC(=O)O)CC1)C(C)(C)C. The maximum atomic E-state index is 12.2. The highest BCUT2D eigenvalue weighted by Gasteiger charge is 2.27. The summed E-state index contributed by atoms with van der Waals surface area (Å²) in [7, 11) is 0. The summed E-state index contributed by atoms with van der Waals surface area (Å²) in [5.41, 5.74) is 0.0356. The molecule has 1 fully saturated rings. The number of carboxylic acid groups (broad SMARTS) is 1. The van der Waals surface area contributed by atoms with Crippen LogP contribution in [0.4, 0.5) is 4.79 Å². The van der Waals surface area contributed by atoms with Gasteiger partial charge in [-0.3, -0.25) is 4.79 Å². The third-order valence-corrected chi connectivity index (χ3v) is 4.04. The number of nitrogens with zero attached hydrogens (tertiary/aromatic N) is 1. The number of urea groups is 1. The molecule has 1 rings (SSSR count). The lowest BCUT2D eigenvalue weighted by atomic mass is 9.88. The third kappa shape index (κ3) is 6.33. The van der Waals surface area contributed by atoms with Gasteiger partial charge in [0.15, 0.2) is 0 Å². The number of carboxylic acids is 1. The van der Waals surface area contributed by atoms with Gasteiger partial charge < -0.3 is 20.1 Å². The minimum atomic E-state index is -0.844. The van der Waals surface area contributed by atoms with Crippen LogP contribution in [-0.2, 0) is 9.53 Å². The number of aliphatic carboxylic acids is 1. The normalized spacial score (nSPS) is 18.4. The zero-order chi connectivity index (χ0) is 16.0. The van der Waals surface area contributed by atoms with E-state index in [9.17, 15) is 9.59 Å². The Labute approximate surface area is 126 Å². The van der Waals surface area contributed by atoms with Gasteiger partial charge in [0.1, 0.15) is 0 Å². The minimum absolute atomic E-state index is 0.0265. The molecule has 0 bridgehead atoms. The molecule has 2 amide bonds. The van der Waals surface area contributed by atoms with Crippen molar-refractivity contribution < 1.29 is 19.4 Å². The van der Waals surface area contributed by atoms with Crippen molar-refractivity contribution in [1.29, 1.82) is 0 Å². The van der Waals surface area contributed by atoms with Crippen LogP contribution in [0.2, 0.25) is 0 Å². The van der Waals surface area contributed by atoms with Gasteiger partial charge >= 0.3 is 12.0 Å². The molecule has 1 heterocycles. The quantitative estimate of drug-likeness (QED) is 0.815. The molecule has 0 aliphatic carbocycles. The van der Waals surface area contributed by atoms with Crippen molar-refractivity contribution in [3.63, 3.8) is 0 Å². The van der Waals surface area contributed by atoms with E-state index in [-0.39, 0.29) is 36.6 Å². The van der Waals surface area contributed by atoms with E-state index in [1.165, 1.54) is 0 Å². The number of ether oxygens (including phenoxy) is 1. The predicted molar refractivity (Wildman–Crippen MR) is 80.2 cm³/mol. The first-order chi connectivity index (χ1) is 9.70. The standard InChI is InChI=1S/C15H28N2O4/c1-11(15(2,3)4)16-14(20)17-8-5-12(6-9-17)21-10-7-13(18)19/h11-12H,5-10H2,1-4H3,(H,16,20)(H,18,19). The molecule has 6 nitrogen and oxygen atoms in total. The van der Waals surface area contributed by atoms with Gasteiger partial charge in [-0.2, -0.15) is 0 Å². The van der Waals surface area contributed by atoms with Gasteiger partial charge in [0.05, 0.1) is 19.1 Å². The van der Waals surface area contributed by atoms with Crippen LogP contribution in [0.1, 0.15) is 47.0 Å². The van der Waals surface area contributed by atoms with E-state index in [4.69, 9.17) is 9.84 Å². The van der Waals surface area contributed by atoms with Crippen LogP contribution in [0.3, 0.4) is 0 Å². The van der Waals surface area contributed by atoms with Gasteiger partial charge in [0.25, 0.3) is 0 Å². The summed E-state index contributed by atoms with van der Waals surface area (Å²) in [4.78, 5) is 24.4. The lowest BCUT2D eigenvalue weighted by Gasteiger charge is -2.35. The van der Waals surface area contributed by atoms with Crippen molar-refractivity contribution >= 4 is 12.0 Å². The second-order valence-corrected chi connectivity index (χ2v) is 6.74. The zero-order valence-electron chi connectivity index (χ0n) is 13.5. The van der Waals surface area contributed by atoms with Crippen molar-refractivity contribution in [2.45, 2.75) is 59.1 Å². The molecule has 2 N–H and O–H groups in total. The number of likely N-dealkylation sites (tertiary alicyclic amines) is 1. The highest BCUT2D eigenvalue weighted by molar-refractivity contribution is 5.74. The largest absolute Gasteiger partial charge is 0.481 e. The van der Waals surface area contributed by atoms with Crippen LogP contribution in [-0.4, -0.2) is 53.8 Å². The first kappa shape index (κ1) is 17.8. The molecule has 0 aromatic rings. The fourth-order valence-electron chi connectivity index (χ4n) is 2.03. The molecular formula is C15H28N2O4. The van der Waals surface area contributed by atoms with Gasteiger partial charge in [0.2, 0.25) is 0 Å². The number of hydrogen-bond donors (Lipinski definition) is 2. The van der Waals surface area contributed by atoms with Crippen molar-refractivity contribution in [2.24, 2.45) is 5.41 Å². The third-order valence-electron chi connectivity index (χ3n) is 4.04. The molecule has 0 saturated carbocycles. The zero-order valence-corrected chi connectivity index (χ0v) is 13.5. The Morgan fingerprint density at radius 1 is 1.33 bits per heavy atom. The van der Waals surface area contributed by atoms with Crippen molar-refractivity contribution in [3.05, 3.63) is 0 Å². The van der Waals surface area contributed by atoms with Crippen LogP contribution in [0.5, 0.6) is 0 Å². The summed E-state index contributed by atoms with van der Waals surface area (Å²) >= 11 is 0. The number of carbonyl (C=O) groups is 2. The van der Waals surface area contributed by atoms with Gasteiger partial charge in [-0.1, -0.05) is 20.8 Å². The highest BCUT2D eigenvalue weighted by Crippen LogP contribution is 2.19. The van der Waals surface area contributed by atoms with E-state index in [1.54, 1.807) is 4.90 Å². The minimum Gasteiger partial charge on any atom is -0.481 e. The number of nitrogens with one attached hydrogen (secondary N) is 1. The van der Waals surface area contributed by atoms with Gasteiger partial charge in [-0.15, -0.1) is 0 Å². The number of hydrogen-bond acceptors (Lipinski definition) is 3. The maximum Gasteiger partial charge on any atom is 0.317 e. The Kier molecular flexibility index (Phi) is 6.45. The lowest BCUT2D eigenvalue weighted by molar-refractivity contribution is -0.138. The summed E-state index contributed by atoms with van der Waals surface area (Å²) in [6, 6.07) is 0.0796. The number of piperidine rings is 1. The van der Waals surface area contributed by atoms with Crippen molar-refractivity contribution in [1.82, 2.24) is 10.2 Å². The lowest BCUT2D eigenvalue weighted by Crippen LogP contribution is -2.51. The summed E-state index contributed by atoms with van der Waals surface area (Å²) in [5.74, 6) is -0.844. The molecule has 0 aromatic carbocycles. The van der Waals surface area contributed by atoms with Crippen LogP contribution >= 0.6 is 0 Å². The fourth-order valence-corrected chi connectivity index (χ4v) is 2.03. The molecule has 122 valence electrons. The number of carbonyl (C=O) groups excluding carboxylic acids is 1. The summed E-state index contributed by atoms with van der Waals surface area (Å²) in [6.07, 6.45) is 1.62. The molecule has 1 aliphatic rings. The Bertz CT molecular complexity index is 357. The molecule has 1 saturated heterocycles. The Morgan fingerprint density at radius 3 is 2.38 bits per heavy atom. The second kappa shape index (κ2) is 7.64. The smallest absolute Gasteiger partial charge is 0.317 e. The molecule has 1 atom stereocenters. The average Bonchev–Trinajstić information content (AvgIpc) is 2.37. The topological polar surface area (TPSA) is 78.9 Å². The van der Waals surface area contributed by atoms with E-state index in [1.807, 2.05) is 6.92 Å². The molecule has 1 unspecified atom stereocenters. The Balaban J connectivity index is 2.29. The fraction of sp³-hybridized carbons (Fsp3) is 0.867. The molecule has 21 heavy (non-hydrogen) atoms. The van der Waals surface area contributed by atoms with Crippen molar-refractivity contribution in [3.8, 4) is 0 Å². The van der Waals surface area contributed by atoms with E-state index >= 15 is 0 Å². The first-order valence-electron chi connectivity index (χ1n) is 7.59. The van der Waals surface area contributed by atoms with Crippen LogP contribution < -0.4 is 5.32 Å². The highest BCUT2D eigenvalue weighted by atomic mass is 16.5. The van der Waals surface area contributed by atoms with E-state index in [2.05, 4.69) is 26.1 Å². The first-order valence-corrected chi connectivity index (χ1v) is 7.59. The van der Waals surface area contributed by atoms with E-state index < -0.39 is 5.97 Å². The van der Waals surface area contributed by atoms with E-state index in [0.717, 1.165) is 12.8 Å². The van der Waals surface area contributed by atoms with Crippen LogP contribution in [0.15, 0.2) is 0 Å². The molecule has 0 aromatic heterocycles. The second-order valence-electron chi connectivity index (χ2n) is 6.74.